The van der Waals surface area contributed by atoms with Crippen LogP contribution < -0.4 is 0 Å². The first-order valence-electron chi connectivity index (χ1n) is 9.86. The summed E-state index contributed by atoms with van der Waals surface area (Å²) in [5, 5.41) is 11.3. The second-order valence-electron chi connectivity index (χ2n) is 7.46. The van der Waals surface area contributed by atoms with Crippen molar-refractivity contribution in [1.82, 2.24) is 24.8 Å². The number of esters is 1. The average molecular weight is 405 g/mol. The second kappa shape index (κ2) is 8.06. The maximum atomic E-state index is 12.8. The molecule has 4 rings (SSSR count). The molecule has 0 spiro atoms. The third-order valence-electron chi connectivity index (χ3n) is 5.20. The van der Waals surface area contributed by atoms with Crippen LogP contribution in [0.2, 0.25) is 0 Å². The molecule has 0 amide bonds. The van der Waals surface area contributed by atoms with E-state index in [1.165, 1.54) is 4.68 Å². The summed E-state index contributed by atoms with van der Waals surface area (Å²) in [5.74, 6) is -0.456. The van der Waals surface area contributed by atoms with E-state index in [-0.39, 0.29) is 18.1 Å². The number of nitrogens with zero attached hydrogens (tertiary/aromatic N) is 5. The number of aromatic nitrogens is 5. The number of Topliss-reactive ketones (excluding diaryl/α,β-unsaturated/α-hetero) is 1. The molecule has 0 unspecified atom stereocenters. The molecular weight excluding hydrogens is 382 g/mol. The third-order valence-corrected chi connectivity index (χ3v) is 5.20. The highest BCUT2D eigenvalue weighted by Gasteiger charge is 2.28. The van der Waals surface area contributed by atoms with Crippen LogP contribution in [0.25, 0.3) is 11.8 Å². The highest BCUT2D eigenvalue weighted by atomic mass is 16.5. The molecule has 0 aliphatic heterocycles. The first-order valence-corrected chi connectivity index (χ1v) is 9.86. The van der Waals surface area contributed by atoms with Crippen molar-refractivity contribution in [3.8, 4) is 0 Å². The summed E-state index contributed by atoms with van der Waals surface area (Å²) in [7, 11) is 0. The van der Waals surface area contributed by atoms with Crippen LogP contribution >= 0.6 is 0 Å². The third kappa shape index (κ3) is 3.94. The van der Waals surface area contributed by atoms with E-state index in [9.17, 15) is 9.59 Å². The van der Waals surface area contributed by atoms with Crippen LogP contribution in [-0.4, -0.2) is 43.1 Å². The summed E-state index contributed by atoms with van der Waals surface area (Å²) in [4.78, 5) is 25.6. The van der Waals surface area contributed by atoms with Gasteiger partial charge in [-0.05, 0) is 61.7 Å². The monoisotopic (exact) mass is 405 g/mol. The lowest BCUT2D eigenvalue weighted by molar-refractivity contribution is -0.136. The van der Waals surface area contributed by atoms with Crippen LogP contribution in [0, 0.1) is 20.8 Å². The Balaban J connectivity index is 1.53. The summed E-state index contributed by atoms with van der Waals surface area (Å²) in [6.07, 6.45) is 3.91. The number of hydrogen-bond donors (Lipinski definition) is 0. The summed E-state index contributed by atoms with van der Waals surface area (Å²) in [6, 6.07) is 11.7. The van der Waals surface area contributed by atoms with Gasteiger partial charge < -0.3 is 9.30 Å². The molecule has 1 aliphatic rings. The van der Waals surface area contributed by atoms with E-state index in [2.05, 4.69) is 20.1 Å². The van der Waals surface area contributed by atoms with Crippen LogP contribution in [-0.2, 0) is 9.53 Å². The lowest BCUT2D eigenvalue weighted by Gasteiger charge is -2.09. The van der Waals surface area contributed by atoms with Crippen molar-refractivity contribution in [1.29, 1.82) is 0 Å². The van der Waals surface area contributed by atoms with Gasteiger partial charge in [0.25, 0.3) is 0 Å². The van der Waals surface area contributed by atoms with E-state index in [4.69, 9.17) is 4.74 Å². The van der Waals surface area contributed by atoms with Crippen LogP contribution in [0.15, 0.2) is 36.4 Å². The number of tetrazole rings is 1. The SMILES string of the molecule is Cc1nnnn1/C(=C\c1ccccc1)C(=O)OCC(=O)c1cc(C)n(C2CC2)c1C. The number of benzene rings is 1. The Morgan fingerprint density at radius 1 is 1.17 bits per heavy atom. The maximum absolute atomic E-state index is 12.8. The zero-order valence-corrected chi connectivity index (χ0v) is 17.2. The van der Waals surface area contributed by atoms with Crippen molar-refractivity contribution in [3.05, 3.63) is 64.7 Å². The molecule has 8 nitrogen and oxygen atoms in total. The molecule has 2 aromatic heterocycles. The fourth-order valence-electron chi connectivity index (χ4n) is 3.60. The Hall–Kier alpha value is -3.55. The fourth-order valence-corrected chi connectivity index (χ4v) is 3.60. The number of rotatable bonds is 7. The Kier molecular flexibility index (Phi) is 5.31. The van der Waals surface area contributed by atoms with Gasteiger partial charge in [-0.25, -0.2) is 4.79 Å². The van der Waals surface area contributed by atoms with Crippen molar-refractivity contribution in [3.63, 3.8) is 0 Å². The van der Waals surface area contributed by atoms with Gasteiger partial charge in [0.15, 0.2) is 18.1 Å². The van der Waals surface area contributed by atoms with Crippen molar-refractivity contribution in [2.75, 3.05) is 6.61 Å². The van der Waals surface area contributed by atoms with Crippen LogP contribution in [0.3, 0.4) is 0 Å². The molecule has 1 fully saturated rings. The standard InChI is InChI=1S/C22H23N5O3/c1-14-11-19(15(2)26(14)18-9-10-18)21(28)13-30-22(29)20(27-16(3)23-24-25-27)12-17-7-5-4-6-8-17/h4-8,11-12,18H,9-10,13H2,1-3H3/b20-12-. The van der Waals surface area contributed by atoms with Crippen molar-refractivity contribution in [2.24, 2.45) is 0 Å². The molecule has 154 valence electrons. The quantitative estimate of drug-likeness (QED) is 0.341. The van der Waals surface area contributed by atoms with Crippen LogP contribution in [0.1, 0.15) is 52.0 Å². The van der Waals surface area contributed by atoms with Crippen LogP contribution in [0.4, 0.5) is 0 Å². The summed E-state index contributed by atoms with van der Waals surface area (Å²) >= 11 is 0. The van der Waals surface area contributed by atoms with Gasteiger partial charge in [-0.1, -0.05) is 30.3 Å². The maximum Gasteiger partial charge on any atom is 0.357 e. The smallest absolute Gasteiger partial charge is 0.357 e. The molecule has 30 heavy (non-hydrogen) atoms. The molecule has 3 aromatic rings. The van der Waals surface area contributed by atoms with Crippen molar-refractivity contribution in [2.45, 2.75) is 39.7 Å². The van der Waals surface area contributed by atoms with Gasteiger partial charge in [0.05, 0.1) is 0 Å². The predicted octanol–water partition coefficient (Wildman–Crippen LogP) is 3.16. The molecule has 0 bridgehead atoms. The number of ketones is 1. The number of hydrogen-bond acceptors (Lipinski definition) is 6. The van der Waals surface area contributed by atoms with Gasteiger partial charge in [0.2, 0.25) is 5.78 Å². The number of carbonyl (C=O) groups excluding carboxylic acids is 2. The molecule has 1 saturated carbocycles. The van der Waals surface area contributed by atoms with E-state index in [0.29, 0.717) is 17.4 Å². The lowest BCUT2D eigenvalue weighted by atomic mass is 10.1. The van der Waals surface area contributed by atoms with Gasteiger partial charge in [-0.3, -0.25) is 4.79 Å². The number of ether oxygens (including phenoxy) is 1. The lowest BCUT2D eigenvalue weighted by Crippen LogP contribution is -2.19. The van der Waals surface area contributed by atoms with E-state index >= 15 is 0 Å². The first kappa shape index (κ1) is 19.8. The van der Waals surface area contributed by atoms with E-state index in [1.807, 2.05) is 50.2 Å². The summed E-state index contributed by atoms with van der Waals surface area (Å²) in [5.41, 5.74) is 3.50. The molecule has 0 radical (unpaired) electrons. The normalized spacial score (nSPS) is 14.0. The molecule has 8 heteroatoms. The summed E-state index contributed by atoms with van der Waals surface area (Å²) < 4.78 is 8.87. The predicted molar refractivity (Wildman–Crippen MR) is 111 cm³/mol. The van der Waals surface area contributed by atoms with Crippen molar-refractivity contribution < 1.29 is 14.3 Å². The average Bonchev–Trinajstić information content (AvgIpc) is 3.41. The van der Waals surface area contributed by atoms with E-state index in [1.54, 1.807) is 13.0 Å². The Bertz CT molecular complexity index is 1120. The minimum absolute atomic E-state index is 0.139. The van der Waals surface area contributed by atoms with E-state index < -0.39 is 5.97 Å². The second-order valence-corrected chi connectivity index (χ2v) is 7.46. The highest BCUT2D eigenvalue weighted by molar-refractivity contribution is 6.16. The molecule has 0 atom stereocenters. The topological polar surface area (TPSA) is 91.9 Å². The molecule has 1 aromatic carbocycles. The Morgan fingerprint density at radius 2 is 1.90 bits per heavy atom. The Labute approximate surface area is 174 Å². The van der Waals surface area contributed by atoms with Gasteiger partial charge in [-0.2, -0.15) is 4.68 Å². The highest BCUT2D eigenvalue weighted by Crippen LogP contribution is 2.38. The van der Waals surface area contributed by atoms with Gasteiger partial charge in [-0.15, -0.1) is 5.10 Å². The molecule has 0 saturated heterocycles. The number of aryl methyl sites for hydroxylation is 2. The largest absolute Gasteiger partial charge is 0.453 e. The Morgan fingerprint density at radius 3 is 2.53 bits per heavy atom. The van der Waals surface area contributed by atoms with Gasteiger partial charge in [0, 0.05) is 23.0 Å². The minimum Gasteiger partial charge on any atom is -0.453 e. The van der Waals surface area contributed by atoms with Crippen molar-refractivity contribution >= 4 is 23.5 Å². The molecular formula is C22H23N5O3. The number of carbonyl (C=O) groups is 2. The van der Waals surface area contributed by atoms with E-state index in [0.717, 1.165) is 29.8 Å². The molecule has 2 heterocycles. The zero-order valence-electron chi connectivity index (χ0n) is 17.2. The first-order chi connectivity index (χ1) is 14.5. The fraction of sp³-hybridized carbons (Fsp3) is 0.318. The molecule has 1 aliphatic carbocycles. The molecule has 0 N–H and O–H groups in total. The van der Waals surface area contributed by atoms with Crippen LogP contribution in [0.5, 0.6) is 0 Å². The zero-order chi connectivity index (χ0) is 21.3. The minimum atomic E-state index is -0.668. The van der Waals surface area contributed by atoms with Gasteiger partial charge in [0.1, 0.15) is 0 Å². The van der Waals surface area contributed by atoms with Gasteiger partial charge >= 0.3 is 5.97 Å². The summed E-state index contributed by atoms with van der Waals surface area (Å²) in [6.45, 7) is 5.27.